The van der Waals surface area contributed by atoms with Gasteiger partial charge in [0.25, 0.3) is 0 Å². The average molecular weight is 279 g/mol. The Morgan fingerprint density at radius 1 is 1.06 bits per heavy atom. The van der Waals surface area contributed by atoms with Crippen LogP contribution in [-0.2, 0) is 0 Å². The lowest BCUT2D eigenvalue weighted by Gasteiger charge is -2.04. The minimum absolute atomic E-state index is 0.566. The summed E-state index contributed by atoms with van der Waals surface area (Å²) in [6.45, 7) is 0. The van der Waals surface area contributed by atoms with E-state index in [0.717, 1.165) is 5.56 Å². The number of fused-ring (bicyclic) bond motifs is 1. The molecule has 0 saturated carbocycles. The molecular formula is C12H8Cl2N4. The van der Waals surface area contributed by atoms with Crippen molar-refractivity contribution in [2.75, 3.05) is 5.73 Å². The monoisotopic (exact) mass is 278 g/mol. The molecule has 0 radical (unpaired) electrons. The fraction of sp³-hybridized carbons (Fsp3) is 0. The van der Waals surface area contributed by atoms with Gasteiger partial charge in [-0.2, -0.15) is 0 Å². The first-order valence-electron chi connectivity index (χ1n) is 5.21. The Kier molecular flexibility index (Phi) is 2.61. The Bertz CT molecular complexity index is 736. The van der Waals surface area contributed by atoms with E-state index in [0.29, 0.717) is 27.2 Å². The lowest BCUT2D eigenvalue weighted by Crippen LogP contribution is -1.93. The van der Waals surface area contributed by atoms with Crippen molar-refractivity contribution in [1.29, 1.82) is 0 Å². The maximum atomic E-state index is 6.16. The molecule has 4 nitrogen and oxygen atoms in total. The van der Waals surface area contributed by atoms with Gasteiger partial charge in [0.2, 0.25) is 0 Å². The van der Waals surface area contributed by atoms with Crippen molar-refractivity contribution in [3.63, 3.8) is 0 Å². The van der Waals surface area contributed by atoms with E-state index in [4.69, 9.17) is 28.9 Å². The normalized spacial score (nSPS) is 11.0. The molecular weight excluding hydrogens is 271 g/mol. The van der Waals surface area contributed by atoms with Crippen molar-refractivity contribution in [2.24, 2.45) is 0 Å². The highest BCUT2D eigenvalue weighted by Crippen LogP contribution is 2.29. The second kappa shape index (κ2) is 4.15. The van der Waals surface area contributed by atoms with Crippen LogP contribution in [0.4, 0.5) is 5.69 Å². The van der Waals surface area contributed by atoms with Gasteiger partial charge in [0, 0.05) is 22.5 Å². The topological polar surface area (TPSA) is 56.2 Å². The minimum Gasteiger partial charge on any atom is -0.398 e. The Labute approximate surface area is 113 Å². The molecule has 3 aromatic rings. The van der Waals surface area contributed by atoms with E-state index in [1.165, 1.54) is 0 Å². The molecule has 0 atom stereocenters. The van der Waals surface area contributed by atoms with Crippen molar-refractivity contribution in [3.8, 4) is 11.4 Å². The minimum atomic E-state index is 0.566. The highest BCUT2D eigenvalue weighted by molar-refractivity contribution is 6.35. The van der Waals surface area contributed by atoms with Crippen molar-refractivity contribution in [3.05, 3.63) is 46.6 Å². The van der Waals surface area contributed by atoms with E-state index in [9.17, 15) is 0 Å². The molecule has 0 spiro atoms. The number of hydrogen-bond acceptors (Lipinski definition) is 3. The van der Waals surface area contributed by atoms with E-state index in [1.54, 1.807) is 40.9 Å². The number of pyridine rings is 1. The number of nitrogens with two attached hydrogens (primary N) is 1. The summed E-state index contributed by atoms with van der Waals surface area (Å²) in [7, 11) is 0. The van der Waals surface area contributed by atoms with E-state index >= 15 is 0 Å². The second-order valence-corrected chi connectivity index (χ2v) is 4.68. The van der Waals surface area contributed by atoms with E-state index < -0.39 is 0 Å². The van der Waals surface area contributed by atoms with Gasteiger partial charge in [-0.1, -0.05) is 23.2 Å². The molecule has 0 amide bonds. The summed E-state index contributed by atoms with van der Waals surface area (Å²) in [6.07, 6.45) is 1.75. The number of anilines is 1. The molecule has 0 unspecified atom stereocenters. The van der Waals surface area contributed by atoms with Gasteiger partial charge in [-0.25, -0.2) is 0 Å². The average Bonchev–Trinajstić information content (AvgIpc) is 2.75. The molecule has 0 aliphatic rings. The third-order valence-electron chi connectivity index (χ3n) is 2.59. The predicted octanol–water partition coefficient (Wildman–Crippen LogP) is 3.29. The zero-order valence-corrected chi connectivity index (χ0v) is 10.7. The fourth-order valence-electron chi connectivity index (χ4n) is 1.76. The van der Waals surface area contributed by atoms with Crippen LogP contribution in [0.5, 0.6) is 0 Å². The molecule has 18 heavy (non-hydrogen) atoms. The lowest BCUT2D eigenvalue weighted by molar-refractivity contribution is 1.11. The zero-order chi connectivity index (χ0) is 12.7. The van der Waals surface area contributed by atoms with Crippen molar-refractivity contribution >= 4 is 34.5 Å². The van der Waals surface area contributed by atoms with Gasteiger partial charge >= 0.3 is 0 Å². The van der Waals surface area contributed by atoms with Gasteiger partial charge in [-0.15, -0.1) is 10.2 Å². The van der Waals surface area contributed by atoms with Crippen LogP contribution in [0.15, 0.2) is 36.5 Å². The molecule has 2 N–H and O–H groups in total. The Morgan fingerprint density at radius 3 is 2.72 bits per heavy atom. The SMILES string of the molecule is Nc1ccc2nnc(-c3cc(Cl)ccc3Cl)n2c1. The summed E-state index contributed by atoms with van der Waals surface area (Å²) in [5, 5.41) is 9.34. The highest BCUT2D eigenvalue weighted by Gasteiger charge is 2.12. The number of rotatable bonds is 1. The maximum Gasteiger partial charge on any atom is 0.169 e. The largest absolute Gasteiger partial charge is 0.398 e. The lowest BCUT2D eigenvalue weighted by atomic mass is 10.2. The summed E-state index contributed by atoms with van der Waals surface area (Å²) in [5.41, 5.74) is 7.82. The molecule has 0 aliphatic heterocycles. The van der Waals surface area contributed by atoms with Gasteiger partial charge in [0.15, 0.2) is 11.5 Å². The number of halogens is 2. The van der Waals surface area contributed by atoms with Crippen molar-refractivity contribution < 1.29 is 0 Å². The smallest absolute Gasteiger partial charge is 0.169 e. The Hall–Kier alpha value is -1.78. The zero-order valence-electron chi connectivity index (χ0n) is 9.14. The first kappa shape index (κ1) is 11.3. The molecule has 6 heteroatoms. The van der Waals surface area contributed by atoms with Gasteiger partial charge in [-0.3, -0.25) is 4.40 Å². The van der Waals surface area contributed by atoms with Crippen LogP contribution in [0.2, 0.25) is 10.0 Å². The summed E-state index contributed by atoms with van der Waals surface area (Å²) in [4.78, 5) is 0. The number of nitrogens with zero attached hydrogens (tertiary/aromatic N) is 3. The third kappa shape index (κ3) is 1.79. The molecule has 1 aromatic carbocycles. The molecule has 3 rings (SSSR count). The van der Waals surface area contributed by atoms with E-state index in [2.05, 4.69) is 10.2 Å². The number of benzene rings is 1. The van der Waals surface area contributed by atoms with Crippen LogP contribution in [-0.4, -0.2) is 14.6 Å². The molecule has 0 bridgehead atoms. The van der Waals surface area contributed by atoms with Gasteiger partial charge in [0.05, 0.1) is 5.02 Å². The summed E-state index contributed by atoms with van der Waals surface area (Å²) >= 11 is 12.1. The Balaban J connectivity index is 2.31. The Morgan fingerprint density at radius 2 is 1.89 bits per heavy atom. The summed E-state index contributed by atoms with van der Waals surface area (Å²) in [5.74, 6) is 0.616. The van der Waals surface area contributed by atoms with Crippen molar-refractivity contribution in [2.45, 2.75) is 0 Å². The molecule has 0 fully saturated rings. The molecule has 2 aromatic heterocycles. The van der Waals surface area contributed by atoms with E-state index in [-0.39, 0.29) is 0 Å². The van der Waals surface area contributed by atoms with Crippen molar-refractivity contribution in [1.82, 2.24) is 14.6 Å². The molecule has 2 heterocycles. The second-order valence-electron chi connectivity index (χ2n) is 3.84. The van der Waals surface area contributed by atoms with Crippen LogP contribution in [0, 0.1) is 0 Å². The van der Waals surface area contributed by atoms with Crippen LogP contribution >= 0.6 is 23.2 Å². The molecule has 0 saturated heterocycles. The van der Waals surface area contributed by atoms with Crippen LogP contribution in [0.1, 0.15) is 0 Å². The number of hydrogen-bond donors (Lipinski definition) is 1. The van der Waals surface area contributed by atoms with Crippen LogP contribution in [0.25, 0.3) is 17.0 Å². The molecule has 90 valence electrons. The fourth-order valence-corrected chi connectivity index (χ4v) is 2.13. The van der Waals surface area contributed by atoms with Crippen LogP contribution in [0.3, 0.4) is 0 Å². The predicted molar refractivity (Wildman–Crippen MR) is 72.9 cm³/mol. The number of aromatic nitrogens is 3. The van der Waals surface area contributed by atoms with E-state index in [1.807, 2.05) is 0 Å². The van der Waals surface area contributed by atoms with Gasteiger partial charge in [-0.05, 0) is 30.3 Å². The van der Waals surface area contributed by atoms with Crippen LogP contribution < -0.4 is 5.73 Å². The first-order chi connectivity index (χ1) is 8.65. The molecule has 0 aliphatic carbocycles. The number of nitrogen functional groups attached to an aromatic ring is 1. The van der Waals surface area contributed by atoms with Gasteiger partial charge in [0.1, 0.15) is 0 Å². The quantitative estimate of drug-likeness (QED) is 0.743. The third-order valence-corrected chi connectivity index (χ3v) is 3.16. The standard InChI is InChI=1S/C12H8Cl2N4/c13-7-1-3-10(14)9(5-7)12-17-16-11-4-2-8(15)6-18(11)12/h1-6H,15H2. The first-order valence-corrected chi connectivity index (χ1v) is 5.96. The van der Waals surface area contributed by atoms with Gasteiger partial charge < -0.3 is 5.73 Å². The maximum absolute atomic E-state index is 6.16. The summed E-state index contributed by atoms with van der Waals surface area (Å²) in [6, 6.07) is 8.78. The highest BCUT2D eigenvalue weighted by atomic mass is 35.5. The summed E-state index contributed by atoms with van der Waals surface area (Å²) < 4.78 is 1.78.